The zero-order chi connectivity index (χ0) is 23.1. The normalized spacial score (nSPS) is 39.4. The quantitative estimate of drug-likeness (QED) is 0.487. The lowest BCUT2D eigenvalue weighted by Crippen LogP contribution is -2.54. The second-order valence-corrected chi connectivity index (χ2v) is 12.3. The molecule has 176 valence electrons. The minimum atomic E-state index is -0.118. The van der Waals surface area contributed by atoms with Crippen molar-refractivity contribution in [1.82, 2.24) is 9.97 Å². The Morgan fingerprint density at radius 3 is 2.42 bits per heavy atom. The first-order chi connectivity index (χ1) is 15.7. The van der Waals surface area contributed by atoms with Crippen molar-refractivity contribution in [3.8, 4) is 0 Å². The van der Waals surface area contributed by atoms with Crippen LogP contribution < -0.4 is 0 Å². The Bertz CT molecular complexity index is 1140. The maximum atomic E-state index is 11.5. The summed E-state index contributed by atoms with van der Waals surface area (Å²) in [6.07, 6.45) is 9.64. The van der Waals surface area contributed by atoms with Gasteiger partial charge in [-0.15, -0.1) is 0 Å². The average Bonchev–Trinajstić information content (AvgIpc) is 3.05. The molecule has 0 spiro atoms. The number of hydrogen-bond donors (Lipinski definition) is 0. The van der Waals surface area contributed by atoms with Gasteiger partial charge in [0.25, 0.3) is 0 Å². The molecule has 1 aromatic heterocycles. The smallest absolute Gasteiger partial charge is 0.302 e. The van der Waals surface area contributed by atoms with Crippen molar-refractivity contribution in [2.24, 2.45) is 29.1 Å². The summed E-state index contributed by atoms with van der Waals surface area (Å²) in [6, 6.07) is 4.45. The highest BCUT2D eigenvalue weighted by Gasteiger charge is 2.60. The first-order valence-corrected chi connectivity index (χ1v) is 13.1. The van der Waals surface area contributed by atoms with Gasteiger partial charge in [0.1, 0.15) is 6.10 Å². The Kier molecular flexibility index (Phi) is 4.74. The molecular formula is C29H38N2O2. The second kappa shape index (κ2) is 7.26. The van der Waals surface area contributed by atoms with Gasteiger partial charge in [-0.2, -0.15) is 0 Å². The van der Waals surface area contributed by atoms with Gasteiger partial charge in [-0.05, 0) is 118 Å². The molecule has 2 aromatic rings. The predicted molar refractivity (Wildman–Crippen MR) is 130 cm³/mol. The van der Waals surface area contributed by atoms with Gasteiger partial charge < -0.3 is 4.74 Å². The van der Waals surface area contributed by atoms with Crippen molar-refractivity contribution >= 4 is 17.0 Å². The van der Waals surface area contributed by atoms with E-state index in [2.05, 4.69) is 39.8 Å². The number of aryl methyl sites for hydroxylation is 2. The zero-order valence-corrected chi connectivity index (χ0v) is 20.9. The summed E-state index contributed by atoms with van der Waals surface area (Å²) in [6.45, 7) is 11.0. The van der Waals surface area contributed by atoms with Crippen molar-refractivity contribution in [2.75, 3.05) is 0 Å². The van der Waals surface area contributed by atoms with Crippen LogP contribution in [0.25, 0.3) is 11.0 Å². The highest BCUT2D eigenvalue weighted by molar-refractivity contribution is 5.77. The van der Waals surface area contributed by atoms with Crippen LogP contribution in [0.1, 0.15) is 88.2 Å². The van der Waals surface area contributed by atoms with Gasteiger partial charge >= 0.3 is 5.97 Å². The van der Waals surface area contributed by atoms with Crippen molar-refractivity contribution in [1.29, 1.82) is 0 Å². The number of aromatic nitrogens is 2. The molecule has 4 heteroatoms. The van der Waals surface area contributed by atoms with E-state index in [1.54, 1.807) is 6.92 Å². The third-order valence-corrected chi connectivity index (χ3v) is 10.6. The van der Waals surface area contributed by atoms with Crippen LogP contribution in [0.3, 0.4) is 0 Å². The Morgan fingerprint density at radius 1 is 0.970 bits per heavy atom. The fraction of sp³-hybridized carbons (Fsp3) is 0.690. The molecule has 4 aliphatic rings. The van der Waals surface area contributed by atoms with Crippen LogP contribution in [-0.2, 0) is 21.4 Å². The standard InChI is InChI=1S/C29H38N2O2/c1-16-12-24-25(13-17(16)2)31-27-26(30-24)15-23-21-7-6-19-14-20(33-18(3)32)8-10-28(19,4)22(21)9-11-29(23,27)5/h12-13,19-23H,6-11,14-15H2,1-5H3/t19-,20-,21+,22-,23-,28-,29-/m0/s1. The fourth-order valence-electron chi connectivity index (χ4n) is 8.71. The molecule has 4 nitrogen and oxygen atoms in total. The minimum Gasteiger partial charge on any atom is -0.463 e. The molecule has 0 saturated heterocycles. The molecule has 0 radical (unpaired) electrons. The molecule has 1 aromatic carbocycles. The third kappa shape index (κ3) is 3.12. The molecule has 0 unspecified atom stereocenters. The molecule has 1 heterocycles. The van der Waals surface area contributed by atoms with E-state index in [0.29, 0.717) is 17.3 Å². The number of esters is 1. The summed E-state index contributed by atoms with van der Waals surface area (Å²) in [5.74, 6) is 2.77. The number of benzene rings is 1. The van der Waals surface area contributed by atoms with E-state index in [0.717, 1.165) is 42.1 Å². The maximum Gasteiger partial charge on any atom is 0.302 e. The van der Waals surface area contributed by atoms with E-state index in [1.165, 1.54) is 54.6 Å². The maximum absolute atomic E-state index is 11.5. The number of ether oxygens (including phenoxy) is 1. The Hall–Kier alpha value is -1.97. The summed E-state index contributed by atoms with van der Waals surface area (Å²) in [5.41, 5.74) is 7.85. The highest BCUT2D eigenvalue weighted by atomic mass is 16.5. The molecule has 3 fully saturated rings. The van der Waals surface area contributed by atoms with Crippen molar-refractivity contribution in [3.05, 3.63) is 34.6 Å². The first kappa shape index (κ1) is 21.6. The second-order valence-electron chi connectivity index (χ2n) is 12.3. The minimum absolute atomic E-state index is 0.118. The van der Waals surface area contributed by atoms with E-state index in [9.17, 15) is 4.79 Å². The lowest BCUT2D eigenvalue weighted by Gasteiger charge is -2.60. The van der Waals surface area contributed by atoms with Crippen LogP contribution >= 0.6 is 0 Å². The largest absolute Gasteiger partial charge is 0.463 e. The lowest BCUT2D eigenvalue weighted by molar-refractivity contribution is -0.157. The van der Waals surface area contributed by atoms with E-state index in [-0.39, 0.29) is 17.5 Å². The van der Waals surface area contributed by atoms with Gasteiger partial charge in [0.15, 0.2) is 0 Å². The highest BCUT2D eigenvalue weighted by Crippen LogP contribution is 2.65. The lowest BCUT2D eigenvalue weighted by atomic mass is 9.45. The first-order valence-electron chi connectivity index (χ1n) is 13.1. The van der Waals surface area contributed by atoms with Gasteiger partial charge in [0.2, 0.25) is 0 Å². The molecular weight excluding hydrogens is 408 g/mol. The molecule has 33 heavy (non-hydrogen) atoms. The monoisotopic (exact) mass is 446 g/mol. The summed E-state index contributed by atoms with van der Waals surface area (Å²) >= 11 is 0. The number of hydrogen-bond acceptors (Lipinski definition) is 4. The van der Waals surface area contributed by atoms with E-state index >= 15 is 0 Å². The number of carbonyl (C=O) groups is 1. The number of rotatable bonds is 1. The van der Waals surface area contributed by atoms with Gasteiger partial charge in [0, 0.05) is 12.3 Å². The molecule has 4 aliphatic carbocycles. The van der Waals surface area contributed by atoms with Gasteiger partial charge in [-0.1, -0.05) is 13.8 Å². The van der Waals surface area contributed by atoms with Crippen LogP contribution in [0.2, 0.25) is 0 Å². The van der Waals surface area contributed by atoms with Crippen LogP contribution in [0.5, 0.6) is 0 Å². The number of nitrogens with zero attached hydrogens (tertiary/aromatic N) is 2. The Labute approximate surface area is 197 Å². The van der Waals surface area contributed by atoms with Gasteiger partial charge in [-0.25, -0.2) is 9.97 Å². The SMILES string of the molecule is CC(=O)O[C@H]1CC[C@@]2(C)[C@@H](CC[C@@H]3[C@@H]2CC[C@]2(C)c4nc5cc(C)c(C)cc5nc4C[C@@H]32)C1. The van der Waals surface area contributed by atoms with Crippen molar-refractivity contribution < 1.29 is 9.53 Å². The summed E-state index contributed by atoms with van der Waals surface area (Å²) in [5, 5.41) is 0. The average molecular weight is 447 g/mol. The van der Waals surface area contributed by atoms with Gasteiger partial charge in [0.05, 0.1) is 22.4 Å². The Balaban J connectivity index is 1.31. The molecule has 3 saturated carbocycles. The van der Waals surface area contributed by atoms with Crippen LogP contribution in [-0.4, -0.2) is 22.0 Å². The molecule has 0 bridgehead atoms. The van der Waals surface area contributed by atoms with E-state index in [1.807, 2.05) is 0 Å². The molecule has 0 N–H and O–H groups in total. The predicted octanol–water partition coefficient (Wildman–Crippen LogP) is 6.23. The molecule has 6 rings (SSSR count). The Morgan fingerprint density at radius 2 is 1.70 bits per heavy atom. The topological polar surface area (TPSA) is 52.1 Å². The molecule has 0 amide bonds. The summed E-state index contributed by atoms with van der Waals surface area (Å²) < 4.78 is 5.65. The zero-order valence-electron chi connectivity index (χ0n) is 20.9. The van der Waals surface area contributed by atoms with E-state index in [4.69, 9.17) is 14.7 Å². The van der Waals surface area contributed by atoms with E-state index < -0.39 is 0 Å². The summed E-state index contributed by atoms with van der Waals surface area (Å²) in [4.78, 5) is 22.0. The van der Waals surface area contributed by atoms with Crippen LogP contribution in [0.4, 0.5) is 0 Å². The molecule has 7 atom stereocenters. The number of carbonyl (C=O) groups excluding carboxylic acids is 1. The summed E-state index contributed by atoms with van der Waals surface area (Å²) in [7, 11) is 0. The molecule has 0 aliphatic heterocycles. The third-order valence-electron chi connectivity index (χ3n) is 10.6. The van der Waals surface area contributed by atoms with Crippen molar-refractivity contribution in [3.63, 3.8) is 0 Å². The van der Waals surface area contributed by atoms with Crippen LogP contribution in [0, 0.1) is 42.9 Å². The fourth-order valence-corrected chi connectivity index (χ4v) is 8.71. The number of fused-ring (bicyclic) bond motifs is 8. The van der Waals surface area contributed by atoms with Crippen molar-refractivity contribution in [2.45, 2.75) is 97.5 Å². The van der Waals surface area contributed by atoms with Gasteiger partial charge in [-0.3, -0.25) is 4.79 Å². The van der Waals surface area contributed by atoms with Crippen LogP contribution in [0.15, 0.2) is 12.1 Å².